The molecule has 0 spiro atoms. The van der Waals surface area contributed by atoms with Crippen LogP contribution in [0.2, 0.25) is 0 Å². The zero-order valence-corrected chi connectivity index (χ0v) is 14.0. The van der Waals surface area contributed by atoms with Gasteiger partial charge in [0.15, 0.2) is 0 Å². The van der Waals surface area contributed by atoms with Gasteiger partial charge in [-0.1, -0.05) is 44.0 Å². The maximum atomic E-state index is 11.5. The molecule has 1 N–H and O–H groups in total. The van der Waals surface area contributed by atoms with E-state index in [-0.39, 0.29) is 12.3 Å². The van der Waals surface area contributed by atoms with E-state index in [9.17, 15) is 9.59 Å². The Morgan fingerprint density at radius 2 is 2.00 bits per heavy atom. The van der Waals surface area contributed by atoms with Gasteiger partial charge in [0.1, 0.15) is 0 Å². The topological polar surface area (TPSA) is 68.3 Å². The summed E-state index contributed by atoms with van der Waals surface area (Å²) in [5.41, 5.74) is 3.18. The minimum Gasteiger partial charge on any atom is -0.341 e. The Labute approximate surface area is 142 Å². The second-order valence-corrected chi connectivity index (χ2v) is 5.57. The molecule has 0 atom stereocenters. The summed E-state index contributed by atoms with van der Waals surface area (Å²) in [6.07, 6.45) is 8.21. The number of nitrogens with zero attached hydrogens (tertiary/aromatic N) is 1. The molecule has 2 rings (SSSR count). The summed E-state index contributed by atoms with van der Waals surface area (Å²) < 4.78 is 0. The lowest BCUT2D eigenvalue weighted by atomic mass is 10.0. The van der Waals surface area contributed by atoms with Gasteiger partial charge in [-0.3, -0.25) is 9.78 Å². The van der Waals surface area contributed by atoms with Crippen LogP contribution in [0.1, 0.15) is 51.1 Å². The van der Waals surface area contributed by atoms with E-state index in [0.29, 0.717) is 6.42 Å². The van der Waals surface area contributed by atoms with Crippen LogP contribution in [0.4, 0.5) is 0 Å². The van der Waals surface area contributed by atoms with Crippen LogP contribution in [0.3, 0.4) is 0 Å². The average molecular weight is 327 g/mol. The Kier molecular flexibility index (Phi) is 7.21. The normalized spacial score (nSPS) is 10.5. The van der Waals surface area contributed by atoms with Crippen molar-refractivity contribution in [1.82, 2.24) is 10.5 Å². The molecule has 1 amide bonds. The van der Waals surface area contributed by atoms with Crippen molar-refractivity contribution in [1.29, 1.82) is 0 Å². The van der Waals surface area contributed by atoms with Crippen LogP contribution < -0.4 is 5.48 Å². The third-order valence-electron chi connectivity index (χ3n) is 3.72. The number of carbonyl (C=O) groups excluding carboxylic acids is 2. The third-order valence-corrected chi connectivity index (χ3v) is 3.72. The monoisotopic (exact) mass is 327 g/mol. The molecule has 0 aliphatic carbocycles. The van der Waals surface area contributed by atoms with Crippen molar-refractivity contribution < 1.29 is 14.4 Å². The summed E-state index contributed by atoms with van der Waals surface area (Å²) >= 11 is 0. The Balaban J connectivity index is 1.63. The van der Waals surface area contributed by atoms with E-state index >= 15 is 0 Å². The number of aromatic nitrogens is 1. The second-order valence-electron chi connectivity index (χ2n) is 5.57. The highest BCUT2D eigenvalue weighted by molar-refractivity contribution is 5.85. The molecule has 0 fully saturated rings. The number of nitrogens with one attached hydrogen (secondary N) is 1. The van der Waals surface area contributed by atoms with Gasteiger partial charge in [0.2, 0.25) is 0 Å². The number of hydrogen-bond acceptors (Lipinski definition) is 4. The lowest BCUT2D eigenvalue weighted by Crippen LogP contribution is -2.26. The Morgan fingerprint density at radius 3 is 2.83 bits per heavy atom. The SMILES string of the molecule is CCC(=O)ONC(=O)CCCCC[CH]c1nccc2ccccc12. The number of hydroxylamine groups is 1. The second kappa shape index (κ2) is 9.65. The van der Waals surface area contributed by atoms with E-state index in [1.807, 2.05) is 24.4 Å². The maximum Gasteiger partial charge on any atom is 0.331 e. The molecule has 127 valence electrons. The molecular formula is C19H23N2O3. The van der Waals surface area contributed by atoms with Crippen LogP contribution in [0.25, 0.3) is 10.8 Å². The van der Waals surface area contributed by atoms with Crippen LogP contribution in [0.5, 0.6) is 0 Å². The number of fused-ring (bicyclic) bond motifs is 1. The van der Waals surface area contributed by atoms with Gasteiger partial charge in [-0.25, -0.2) is 4.79 Å². The number of carbonyl (C=O) groups is 2. The molecule has 24 heavy (non-hydrogen) atoms. The molecule has 1 radical (unpaired) electrons. The highest BCUT2D eigenvalue weighted by Crippen LogP contribution is 2.19. The third kappa shape index (κ3) is 5.65. The molecule has 0 saturated heterocycles. The molecule has 5 heteroatoms. The summed E-state index contributed by atoms with van der Waals surface area (Å²) in [5.74, 6) is -0.683. The number of unbranched alkanes of at least 4 members (excludes halogenated alkanes) is 3. The van der Waals surface area contributed by atoms with E-state index in [2.05, 4.69) is 33.9 Å². The zero-order chi connectivity index (χ0) is 17.2. The quantitative estimate of drug-likeness (QED) is 0.592. The highest BCUT2D eigenvalue weighted by Gasteiger charge is 2.05. The van der Waals surface area contributed by atoms with Gasteiger partial charge >= 0.3 is 5.97 Å². The van der Waals surface area contributed by atoms with E-state index in [1.54, 1.807) is 6.92 Å². The molecule has 0 unspecified atom stereocenters. The Bertz CT molecular complexity index is 680. The minimum absolute atomic E-state index is 0.248. The lowest BCUT2D eigenvalue weighted by molar-refractivity contribution is -0.158. The van der Waals surface area contributed by atoms with Crippen molar-refractivity contribution in [2.75, 3.05) is 0 Å². The molecule has 1 aromatic carbocycles. The van der Waals surface area contributed by atoms with Gasteiger partial charge in [-0.15, -0.1) is 0 Å². The molecule has 0 aliphatic heterocycles. The van der Waals surface area contributed by atoms with E-state index in [0.717, 1.165) is 36.8 Å². The number of pyridine rings is 1. The molecule has 1 heterocycles. The molecule has 0 bridgehead atoms. The summed E-state index contributed by atoms with van der Waals surface area (Å²) in [5, 5.41) is 2.36. The van der Waals surface area contributed by atoms with Crippen molar-refractivity contribution in [2.45, 2.75) is 45.4 Å². The van der Waals surface area contributed by atoms with Gasteiger partial charge in [0.05, 0.1) is 5.69 Å². The Morgan fingerprint density at radius 1 is 1.17 bits per heavy atom. The first kappa shape index (κ1) is 17.9. The van der Waals surface area contributed by atoms with Crippen LogP contribution in [-0.2, 0) is 14.4 Å². The first-order valence-corrected chi connectivity index (χ1v) is 8.36. The van der Waals surface area contributed by atoms with Gasteiger partial charge in [0.25, 0.3) is 5.91 Å². The minimum atomic E-state index is -0.430. The fraction of sp³-hybridized carbons (Fsp3) is 0.368. The summed E-state index contributed by atoms with van der Waals surface area (Å²) in [7, 11) is 0. The average Bonchev–Trinajstić information content (AvgIpc) is 2.62. The molecule has 5 nitrogen and oxygen atoms in total. The molecule has 1 aromatic heterocycles. The van der Waals surface area contributed by atoms with Crippen molar-refractivity contribution in [3.8, 4) is 0 Å². The van der Waals surface area contributed by atoms with Gasteiger partial charge in [0, 0.05) is 30.8 Å². The summed E-state index contributed by atoms with van der Waals surface area (Å²) in [6, 6.07) is 10.2. The standard InChI is InChI=1S/C19H23N2O3/c1-2-19(23)24-21-18(22)12-6-4-3-5-11-17-16-10-8-7-9-15(16)13-14-20-17/h7-11,13-14H,2-6,12H2,1H3,(H,21,22). The van der Waals surface area contributed by atoms with E-state index in [4.69, 9.17) is 0 Å². The van der Waals surface area contributed by atoms with Crippen molar-refractivity contribution >= 4 is 22.6 Å². The first-order valence-electron chi connectivity index (χ1n) is 8.36. The molecular weight excluding hydrogens is 304 g/mol. The maximum absolute atomic E-state index is 11.5. The van der Waals surface area contributed by atoms with Crippen molar-refractivity contribution in [2.24, 2.45) is 0 Å². The van der Waals surface area contributed by atoms with Crippen LogP contribution in [0, 0.1) is 6.42 Å². The zero-order valence-electron chi connectivity index (χ0n) is 14.0. The van der Waals surface area contributed by atoms with E-state index in [1.165, 1.54) is 5.39 Å². The number of hydrogen-bond donors (Lipinski definition) is 1. The molecule has 0 aliphatic rings. The first-order chi connectivity index (χ1) is 11.7. The summed E-state index contributed by atoms with van der Waals surface area (Å²) in [6.45, 7) is 1.68. The fourth-order valence-corrected chi connectivity index (χ4v) is 2.39. The fourth-order valence-electron chi connectivity index (χ4n) is 2.39. The van der Waals surface area contributed by atoms with E-state index < -0.39 is 5.97 Å². The highest BCUT2D eigenvalue weighted by atomic mass is 16.7. The number of rotatable bonds is 8. The number of benzene rings is 1. The lowest BCUT2D eigenvalue weighted by Gasteiger charge is -2.06. The largest absolute Gasteiger partial charge is 0.341 e. The van der Waals surface area contributed by atoms with Crippen LogP contribution in [0.15, 0.2) is 36.5 Å². The van der Waals surface area contributed by atoms with Crippen molar-refractivity contribution in [3.63, 3.8) is 0 Å². The van der Waals surface area contributed by atoms with Crippen molar-refractivity contribution in [3.05, 3.63) is 48.6 Å². The predicted octanol–water partition coefficient (Wildman–Crippen LogP) is 3.72. The van der Waals surface area contributed by atoms with Crippen LogP contribution in [-0.4, -0.2) is 16.9 Å². The van der Waals surface area contributed by atoms with Gasteiger partial charge < -0.3 is 4.84 Å². The van der Waals surface area contributed by atoms with Gasteiger partial charge in [-0.2, -0.15) is 5.48 Å². The predicted molar refractivity (Wildman–Crippen MR) is 92.8 cm³/mol. The Hall–Kier alpha value is -2.43. The molecule has 0 saturated carbocycles. The van der Waals surface area contributed by atoms with Crippen LogP contribution >= 0.6 is 0 Å². The van der Waals surface area contributed by atoms with Gasteiger partial charge in [-0.05, 0) is 24.3 Å². The molecule has 2 aromatic rings. The summed E-state index contributed by atoms with van der Waals surface area (Å²) in [4.78, 5) is 31.4. The number of amides is 1. The smallest absolute Gasteiger partial charge is 0.331 e.